The topological polar surface area (TPSA) is 32.3 Å². The van der Waals surface area contributed by atoms with Gasteiger partial charge < -0.3 is 10.2 Å². The maximum absolute atomic E-state index is 11.9. The summed E-state index contributed by atoms with van der Waals surface area (Å²) >= 11 is 0. The van der Waals surface area contributed by atoms with E-state index in [1.807, 2.05) is 4.90 Å². The predicted octanol–water partition coefficient (Wildman–Crippen LogP) is 2.17. The van der Waals surface area contributed by atoms with Crippen molar-refractivity contribution in [2.45, 2.75) is 58.4 Å². The number of nitrogens with zero attached hydrogens (tertiary/aromatic N) is 1. The molecule has 1 rings (SSSR count). The largest absolute Gasteiger partial charge is 0.337 e. The zero-order valence-corrected chi connectivity index (χ0v) is 10.8. The molecule has 0 bridgehead atoms. The zero-order valence-electron chi connectivity index (χ0n) is 10.8. The fourth-order valence-corrected chi connectivity index (χ4v) is 2.23. The second-order valence-electron chi connectivity index (χ2n) is 4.80. The van der Waals surface area contributed by atoms with Crippen molar-refractivity contribution in [3.8, 4) is 0 Å². The Morgan fingerprint density at radius 2 is 2.06 bits per heavy atom. The highest BCUT2D eigenvalue weighted by Crippen LogP contribution is 2.10. The molecule has 0 radical (unpaired) electrons. The van der Waals surface area contributed by atoms with E-state index in [4.69, 9.17) is 0 Å². The van der Waals surface area contributed by atoms with Crippen LogP contribution in [0.25, 0.3) is 0 Å². The molecule has 1 N–H and O–H groups in total. The molecule has 1 saturated heterocycles. The summed E-state index contributed by atoms with van der Waals surface area (Å²) in [4.78, 5) is 14.0. The van der Waals surface area contributed by atoms with Crippen LogP contribution in [0.1, 0.15) is 52.4 Å². The molecule has 0 aromatic carbocycles. The van der Waals surface area contributed by atoms with Gasteiger partial charge in [-0.1, -0.05) is 32.6 Å². The Balaban J connectivity index is 2.13. The van der Waals surface area contributed by atoms with Crippen LogP contribution in [0.5, 0.6) is 0 Å². The van der Waals surface area contributed by atoms with Gasteiger partial charge in [-0.15, -0.1) is 0 Å². The average molecular weight is 226 g/mol. The van der Waals surface area contributed by atoms with Gasteiger partial charge in [0.05, 0.1) is 0 Å². The first-order valence-electron chi connectivity index (χ1n) is 6.76. The minimum absolute atomic E-state index is 0.352. The lowest BCUT2D eigenvalue weighted by atomic mass is 10.1. The van der Waals surface area contributed by atoms with E-state index in [1.54, 1.807) is 0 Å². The van der Waals surface area contributed by atoms with E-state index < -0.39 is 0 Å². The van der Waals surface area contributed by atoms with Crippen LogP contribution in [-0.4, -0.2) is 36.5 Å². The lowest BCUT2D eigenvalue weighted by molar-refractivity contribution is -0.134. The average Bonchev–Trinajstić information content (AvgIpc) is 2.29. The number of unbranched alkanes of at least 4 members (excludes halogenated alkanes) is 4. The number of carbonyl (C=O) groups excluding carboxylic acids is 1. The van der Waals surface area contributed by atoms with Crippen LogP contribution >= 0.6 is 0 Å². The molecule has 1 heterocycles. The van der Waals surface area contributed by atoms with Gasteiger partial charge in [0.15, 0.2) is 0 Å². The number of piperazine rings is 1. The minimum atomic E-state index is 0.352. The fourth-order valence-electron chi connectivity index (χ4n) is 2.23. The van der Waals surface area contributed by atoms with Crippen molar-refractivity contribution in [3.05, 3.63) is 0 Å². The molecule has 0 aromatic rings. The highest BCUT2D eigenvalue weighted by molar-refractivity contribution is 5.76. The van der Waals surface area contributed by atoms with Gasteiger partial charge in [-0.2, -0.15) is 0 Å². The van der Waals surface area contributed by atoms with Crippen LogP contribution in [0.3, 0.4) is 0 Å². The third-order valence-electron chi connectivity index (χ3n) is 3.32. The molecule has 1 fully saturated rings. The summed E-state index contributed by atoms with van der Waals surface area (Å²) in [5, 5.41) is 3.31. The molecule has 1 aliphatic heterocycles. The molecule has 0 aromatic heterocycles. The molecule has 1 aliphatic rings. The van der Waals surface area contributed by atoms with E-state index in [-0.39, 0.29) is 0 Å². The van der Waals surface area contributed by atoms with Crippen molar-refractivity contribution >= 4 is 5.91 Å². The molecule has 1 amide bonds. The van der Waals surface area contributed by atoms with Gasteiger partial charge in [0, 0.05) is 32.1 Å². The van der Waals surface area contributed by atoms with Crippen LogP contribution in [0, 0.1) is 0 Å². The van der Waals surface area contributed by atoms with E-state index in [9.17, 15) is 4.79 Å². The molecule has 0 saturated carbocycles. The lowest BCUT2D eigenvalue weighted by Gasteiger charge is -2.34. The SMILES string of the molecule is CCCCCCCC(=O)N1CCNCC1C. The van der Waals surface area contributed by atoms with Crippen molar-refractivity contribution in [1.29, 1.82) is 0 Å². The molecular weight excluding hydrogens is 200 g/mol. The summed E-state index contributed by atoms with van der Waals surface area (Å²) < 4.78 is 0. The normalized spacial score (nSPS) is 21.1. The number of nitrogens with one attached hydrogen (secondary N) is 1. The molecule has 94 valence electrons. The highest BCUT2D eigenvalue weighted by Gasteiger charge is 2.21. The zero-order chi connectivity index (χ0) is 11.8. The van der Waals surface area contributed by atoms with Gasteiger partial charge in [-0.25, -0.2) is 0 Å². The standard InChI is InChI=1S/C13H26N2O/c1-3-4-5-6-7-8-13(16)15-10-9-14-11-12(15)2/h12,14H,3-11H2,1-2H3. The Bertz CT molecular complexity index is 206. The number of hydrogen-bond acceptors (Lipinski definition) is 2. The second kappa shape index (κ2) is 7.66. The summed E-state index contributed by atoms with van der Waals surface area (Å²) in [5.41, 5.74) is 0. The predicted molar refractivity (Wildman–Crippen MR) is 67.4 cm³/mol. The Morgan fingerprint density at radius 3 is 2.75 bits per heavy atom. The van der Waals surface area contributed by atoms with Gasteiger partial charge >= 0.3 is 0 Å². The van der Waals surface area contributed by atoms with Crippen molar-refractivity contribution < 1.29 is 4.79 Å². The van der Waals surface area contributed by atoms with Crippen molar-refractivity contribution in [2.75, 3.05) is 19.6 Å². The van der Waals surface area contributed by atoms with Crippen LogP contribution in [0.2, 0.25) is 0 Å². The maximum Gasteiger partial charge on any atom is 0.222 e. The Morgan fingerprint density at radius 1 is 1.31 bits per heavy atom. The third kappa shape index (κ3) is 4.52. The van der Waals surface area contributed by atoms with E-state index >= 15 is 0 Å². The first kappa shape index (κ1) is 13.5. The van der Waals surface area contributed by atoms with E-state index in [0.717, 1.165) is 32.5 Å². The molecule has 0 spiro atoms. The van der Waals surface area contributed by atoms with Crippen LogP contribution in [-0.2, 0) is 4.79 Å². The summed E-state index contributed by atoms with van der Waals surface area (Å²) in [6.07, 6.45) is 6.87. The fraction of sp³-hybridized carbons (Fsp3) is 0.923. The third-order valence-corrected chi connectivity index (χ3v) is 3.32. The van der Waals surface area contributed by atoms with Crippen molar-refractivity contribution in [2.24, 2.45) is 0 Å². The summed E-state index contributed by atoms with van der Waals surface area (Å²) in [6, 6.07) is 0.372. The summed E-state index contributed by atoms with van der Waals surface area (Å²) in [5.74, 6) is 0.352. The van der Waals surface area contributed by atoms with Gasteiger partial charge in [-0.05, 0) is 13.3 Å². The Hall–Kier alpha value is -0.570. The smallest absolute Gasteiger partial charge is 0.222 e. The molecular formula is C13H26N2O. The second-order valence-corrected chi connectivity index (χ2v) is 4.80. The number of amides is 1. The Labute approximate surface area is 99.6 Å². The molecule has 1 unspecified atom stereocenters. The lowest BCUT2D eigenvalue weighted by Crippen LogP contribution is -2.52. The Kier molecular flexibility index (Phi) is 6.46. The van der Waals surface area contributed by atoms with E-state index in [2.05, 4.69) is 19.2 Å². The molecule has 3 nitrogen and oxygen atoms in total. The highest BCUT2D eigenvalue weighted by atomic mass is 16.2. The number of hydrogen-bond donors (Lipinski definition) is 1. The van der Waals surface area contributed by atoms with Gasteiger partial charge in [0.25, 0.3) is 0 Å². The monoisotopic (exact) mass is 226 g/mol. The number of carbonyl (C=O) groups is 1. The molecule has 0 aliphatic carbocycles. The van der Waals surface area contributed by atoms with E-state index in [1.165, 1.54) is 25.7 Å². The van der Waals surface area contributed by atoms with Crippen molar-refractivity contribution in [3.63, 3.8) is 0 Å². The maximum atomic E-state index is 11.9. The van der Waals surface area contributed by atoms with Crippen LogP contribution in [0.15, 0.2) is 0 Å². The summed E-state index contributed by atoms with van der Waals surface area (Å²) in [7, 11) is 0. The van der Waals surface area contributed by atoms with E-state index in [0.29, 0.717) is 11.9 Å². The van der Waals surface area contributed by atoms with Crippen LogP contribution < -0.4 is 5.32 Å². The first-order valence-corrected chi connectivity index (χ1v) is 6.76. The van der Waals surface area contributed by atoms with Crippen LogP contribution in [0.4, 0.5) is 0 Å². The first-order chi connectivity index (χ1) is 7.75. The van der Waals surface area contributed by atoms with Crippen molar-refractivity contribution in [1.82, 2.24) is 10.2 Å². The minimum Gasteiger partial charge on any atom is -0.337 e. The molecule has 1 atom stereocenters. The molecule has 16 heavy (non-hydrogen) atoms. The van der Waals surface area contributed by atoms with Gasteiger partial charge in [0.2, 0.25) is 5.91 Å². The molecule has 3 heteroatoms. The quantitative estimate of drug-likeness (QED) is 0.704. The summed E-state index contributed by atoms with van der Waals surface area (Å²) in [6.45, 7) is 7.12. The van der Waals surface area contributed by atoms with Gasteiger partial charge in [-0.3, -0.25) is 4.79 Å². The number of rotatable bonds is 6. The van der Waals surface area contributed by atoms with Gasteiger partial charge in [0.1, 0.15) is 0 Å².